The molecule has 0 aliphatic heterocycles. The summed E-state index contributed by atoms with van der Waals surface area (Å²) in [6.07, 6.45) is 5.18. The van der Waals surface area contributed by atoms with Crippen LogP contribution in [0.15, 0.2) is 42.5 Å². The first-order valence-corrected chi connectivity index (χ1v) is 11.0. The maximum Gasteiger partial charge on any atom is 0.273 e. The van der Waals surface area contributed by atoms with E-state index in [1.165, 1.54) is 12.5 Å². The summed E-state index contributed by atoms with van der Waals surface area (Å²) in [6.45, 7) is 0. The van der Waals surface area contributed by atoms with Gasteiger partial charge in [-0.3, -0.25) is 14.9 Å². The minimum absolute atomic E-state index is 0.0905. The Bertz CT molecular complexity index is 1090. The number of methoxy groups -OCH3 is 1. The van der Waals surface area contributed by atoms with Crippen LogP contribution in [-0.4, -0.2) is 38.6 Å². The summed E-state index contributed by atoms with van der Waals surface area (Å²) < 4.78 is 5.16. The number of nitrogens with zero attached hydrogens (tertiary/aromatic N) is 4. The summed E-state index contributed by atoms with van der Waals surface area (Å²) in [5.41, 5.74) is 1.78. The maximum atomic E-state index is 12.9. The summed E-state index contributed by atoms with van der Waals surface area (Å²) in [4.78, 5) is 24.2. The van der Waals surface area contributed by atoms with E-state index in [9.17, 15) is 14.9 Å². The lowest BCUT2D eigenvalue weighted by Gasteiger charge is -2.28. The molecule has 3 aromatic rings. The second-order valence-electron chi connectivity index (χ2n) is 8.22. The van der Waals surface area contributed by atoms with Crippen molar-refractivity contribution in [2.45, 2.75) is 44.6 Å². The van der Waals surface area contributed by atoms with E-state index in [1.807, 2.05) is 12.1 Å². The molecule has 1 fully saturated rings. The van der Waals surface area contributed by atoms with Crippen molar-refractivity contribution in [3.63, 3.8) is 0 Å². The Morgan fingerprint density at radius 1 is 1.18 bits per heavy atom. The van der Waals surface area contributed by atoms with E-state index in [-0.39, 0.29) is 30.0 Å². The van der Waals surface area contributed by atoms with Crippen LogP contribution in [0.25, 0.3) is 11.1 Å². The number of aromatic nitrogens is 4. The second kappa shape index (κ2) is 10.2. The van der Waals surface area contributed by atoms with Crippen molar-refractivity contribution in [2.24, 2.45) is 5.92 Å². The number of benzene rings is 2. The quantitative estimate of drug-likeness (QED) is 0.394. The topological polar surface area (TPSA) is 136 Å². The third kappa shape index (κ3) is 5.33. The van der Waals surface area contributed by atoms with Crippen molar-refractivity contribution in [1.82, 2.24) is 25.9 Å². The normalized spacial score (nSPS) is 15.1. The van der Waals surface area contributed by atoms with Gasteiger partial charge in [0.25, 0.3) is 5.69 Å². The first-order valence-electron chi connectivity index (χ1n) is 11.0. The van der Waals surface area contributed by atoms with Crippen LogP contribution in [0.5, 0.6) is 5.75 Å². The first kappa shape index (κ1) is 22.4. The highest BCUT2D eigenvalue weighted by Crippen LogP contribution is 2.33. The van der Waals surface area contributed by atoms with Gasteiger partial charge in [-0.25, -0.2) is 0 Å². The maximum absolute atomic E-state index is 12.9. The average molecular weight is 450 g/mol. The first-order chi connectivity index (χ1) is 16.0. The molecule has 33 heavy (non-hydrogen) atoms. The van der Waals surface area contributed by atoms with Gasteiger partial charge in [-0.1, -0.05) is 48.7 Å². The van der Waals surface area contributed by atoms with Crippen LogP contribution in [0.2, 0.25) is 0 Å². The number of nitro benzene ring substituents is 1. The van der Waals surface area contributed by atoms with Gasteiger partial charge in [-0.05, 0) is 42.0 Å². The molecule has 2 N–H and O–H groups in total. The van der Waals surface area contributed by atoms with Crippen LogP contribution in [0, 0.1) is 16.0 Å². The van der Waals surface area contributed by atoms with Crippen molar-refractivity contribution in [3.8, 4) is 16.9 Å². The molecule has 1 amide bonds. The Morgan fingerprint density at radius 3 is 2.55 bits per heavy atom. The highest BCUT2D eigenvalue weighted by atomic mass is 16.6. The van der Waals surface area contributed by atoms with Crippen LogP contribution in [0.4, 0.5) is 5.69 Å². The number of carbonyl (C=O) groups excluding carboxylic acids is 1. The summed E-state index contributed by atoms with van der Waals surface area (Å²) in [6, 6.07) is 11.8. The number of hydrogen-bond acceptors (Lipinski definition) is 7. The predicted octanol–water partition coefficient (Wildman–Crippen LogP) is 3.76. The highest BCUT2D eigenvalue weighted by Gasteiger charge is 2.30. The molecule has 0 saturated heterocycles. The van der Waals surface area contributed by atoms with Gasteiger partial charge in [0.1, 0.15) is 5.75 Å². The van der Waals surface area contributed by atoms with E-state index in [0.717, 1.165) is 31.2 Å². The van der Waals surface area contributed by atoms with E-state index in [4.69, 9.17) is 4.74 Å². The van der Waals surface area contributed by atoms with Gasteiger partial charge in [0.05, 0.1) is 24.5 Å². The molecule has 4 rings (SSSR count). The number of nitro groups is 1. The van der Waals surface area contributed by atoms with Crippen LogP contribution in [-0.2, 0) is 11.2 Å². The smallest absolute Gasteiger partial charge is 0.273 e. The van der Waals surface area contributed by atoms with Gasteiger partial charge in [0, 0.05) is 11.6 Å². The molecule has 0 spiro atoms. The Labute approximate surface area is 190 Å². The SMILES string of the molecule is COc1ccc(-c2ccc(CC(=O)N[C@H](c3nn[nH]n3)C3CCCCC3)c([N+](=O)[O-])c2)cc1. The lowest BCUT2D eigenvalue weighted by molar-refractivity contribution is -0.385. The Kier molecular flexibility index (Phi) is 6.92. The Morgan fingerprint density at radius 2 is 1.91 bits per heavy atom. The number of aromatic amines is 1. The number of tetrazole rings is 1. The molecule has 0 unspecified atom stereocenters. The van der Waals surface area contributed by atoms with Gasteiger partial charge in [0.15, 0.2) is 5.82 Å². The van der Waals surface area contributed by atoms with E-state index < -0.39 is 4.92 Å². The summed E-state index contributed by atoms with van der Waals surface area (Å²) in [5.74, 6) is 1.05. The van der Waals surface area contributed by atoms with Crippen molar-refractivity contribution in [1.29, 1.82) is 0 Å². The van der Waals surface area contributed by atoms with E-state index in [2.05, 4.69) is 25.9 Å². The zero-order valence-corrected chi connectivity index (χ0v) is 18.4. The van der Waals surface area contributed by atoms with Crippen molar-refractivity contribution in [2.75, 3.05) is 7.11 Å². The zero-order valence-electron chi connectivity index (χ0n) is 18.4. The molecule has 10 nitrogen and oxygen atoms in total. The van der Waals surface area contributed by atoms with Gasteiger partial charge in [-0.15, -0.1) is 10.2 Å². The fourth-order valence-electron chi connectivity index (χ4n) is 4.41. The van der Waals surface area contributed by atoms with Gasteiger partial charge < -0.3 is 10.1 Å². The molecular formula is C23H26N6O4. The third-order valence-electron chi connectivity index (χ3n) is 6.13. The summed E-state index contributed by atoms with van der Waals surface area (Å²) in [7, 11) is 1.58. The molecule has 1 aromatic heterocycles. The Hall–Kier alpha value is -3.82. The van der Waals surface area contributed by atoms with Gasteiger partial charge in [0.2, 0.25) is 5.91 Å². The molecule has 1 heterocycles. The van der Waals surface area contributed by atoms with E-state index >= 15 is 0 Å². The minimum atomic E-state index is -0.451. The number of carbonyl (C=O) groups is 1. The molecule has 10 heteroatoms. The molecule has 1 aliphatic carbocycles. The largest absolute Gasteiger partial charge is 0.497 e. The average Bonchev–Trinajstić information content (AvgIpc) is 3.38. The van der Waals surface area contributed by atoms with Gasteiger partial charge in [-0.2, -0.15) is 5.21 Å². The minimum Gasteiger partial charge on any atom is -0.497 e. The molecule has 0 radical (unpaired) electrons. The number of H-pyrrole nitrogens is 1. The van der Waals surface area contributed by atoms with Crippen LogP contribution >= 0.6 is 0 Å². The lowest BCUT2D eigenvalue weighted by Crippen LogP contribution is -2.36. The van der Waals surface area contributed by atoms with Crippen LogP contribution < -0.4 is 10.1 Å². The third-order valence-corrected chi connectivity index (χ3v) is 6.13. The molecular weight excluding hydrogens is 424 g/mol. The zero-order chi connectivity index (χ0) is 23.2. The molecule has 1 saturated carbocycles. The number of hydrogen-bond donors (Lipinski definition) is 2. The molecule has 0 bridgehead atoms. The highest BCUT2D eigenvalue weighted by molar-refractivity contribution is 5.81. The van der Waals surface area contributed by atoms with Crippen molar-refractivity contribution < 1.29 is 14.5 Å². The molecule has 1 aliphatic rings. The van der Waals surface area contributed by atoms with Gasteiger partial charge >= 0.3 is 0 Å². The summed E-state index contributed by atoms with van der Waals surface area (Å²) in [5, 5.41) is 29.0. The summed E-state index contributed by atoms with van der Waals surface area (Å²) >= 11 is 0. The van der Waals surface area contributed by atoms with Crippen LogP contribution in [0.3, 0.4) is 0 Å². The fraction of sp³-hybridized carbons (Fsp3) is 0.391. The molecule has 1 atom stereocenters. The standard InChI is InChI=1S/C23H26N6O4/c1-33-19-11-9-15(10-12-19)17-7-8-18(20(13-17)29(31)32)14-21(30)24-22(23-25-27-28-26-23)16-5-3-2-4-6-16/h7-13,16,22H,2-6,14H2,1H3,(H,24,30)(H,25,26,27,28)/t22-/m0/s1. The van der Waals surface area contributed by atoms with Crippen LogP contribution in [0.1, 0.15) is 49.5 Å². The number of nitrogens with one attached hydrogen (secondary N) is 2. The molecule has 2 aromatic carbocycles. The predicted molar refractivity (Wildman–Crippen MR) is 120 cm³/mol. The fourth-order valence-corrected chi connectivity index (χ4v) is 4.41. The van der Waals surface area contributed by atoms with E-state index in [0.29, 0.717) is 22.7 Å². The van der Waals surface area contributed by atoms with Crippen molar-refractivity contribution in [3.05, 3.63) is 64.0 Å². The van der Waals surface area contributed by atoms with Crippen molar-refractivity contribution >= 4 is 11.6 Å². The number of ether oxygens (including phenoxy) is 1. The van der Waals surface area contributed by atoms with E-state index in [1.54, 1.807) is 31.4 Å². The molecule has 172 valence electrons. The lowest BCUT2D eigenvalue weighted by atomic mass is 9.83. The second-order valence-corrected chi connectivity index (χ2v) is 8.22. The number of amides is 1. The monoisotopic (exact) mass is 450 g/mol. The number of rotatable bonds is 8. The Balaban J connectivity index is 1.53.